The minimum Gasteiger partial charge on any atom is -0.333 e. The lowest BCUT2D eigenvalue weighted by atomic mass is 10.1. The van der Waals surface area contributed by atoms with E-state index >= 15 is 0 Å². The number of hydrogen-bond donors (Lipinski definition) is 0. The van der Waals surface area contributed by atoms with Crippen molar-refractivity contribution < 1.29 is 4.79 Å². The minimum atomic E-state index is -1.40. The molecule has 0 radical (unpaired) electrons. The van der Waals surface area contributed by atoms with E-state index in [4.69, 9.17) is 34.8 Å². The maximum Gasteiger partial charge on any atom is 0.259 e. The van der Waals surface area contributed by atoms with Gasteiger partial charge in [0.1, 0.15) is 0 Å². The first-order chi connectivity index (χ1) is 8.48. The Morgan fingerprint density at radius 1 is 1.39 bits per heavy atom. The van der Waals surface area contributed by atoms with Gasteiger partial charge in [-0.15, -0.1) is 11.6 Å². The fourth-order valence-electron chi connectivity index (χ4n) is 2.19. The summed E-state index contributed by atoms with van der Waals surface area (Å²) in [7, 11) is 0. The summed E-state index contributed by atoms with van der Waals surface area (Å²) >= 11 is 18.0. The molecular weight excluding hydrogens is 293 g/mol. The maximum atomic E-state index is 12.2. The molecule has 1 fully saturated rings. The van der Waals surface area contributed by atoms with Crippen LogP contribution in [0.25, 0.3) is 0 Å². The second-order valence-electron chi connectivity index (χ2n) is 4.52. The molecule has 1 aromatic carbocycles. The Kier molecular flexibility index (Phi) is 4.10. The van der Waals surface area contributed by atoms with E-state index < -0.39 is 4.33 Å². The summed E-state index contributed by atoms with van der Waals surface area (Å²) in [5.41, 5.74) is 1.06. The number of amides is 1. The van der Waals surface area contributed by atoms with Crippen LogP contribution in [0.1, 0.15) is 18.5 Å². The van der Waals surface area contributed by atoms with Gasteiger partial charge in [-0.2, -0.15) is 0 Å². The summed E-state index contributed by atoms with van der Waals surface area (Å²) in [6.45, 7) is 2.46. The predicted molar refractivity (Wildman–Crippen MR) is 75.2 cm³/mol. The Bertz CT molecular complexity index is 435. The first kappa shape index (κ1) is 14.0. The van der Waals surface area contributed by atoms with Crippen molar-refractivity contribution in [2.24, 2.45) is 5.92 Å². The van der Waals surface area contributed by atoms with E-state index in [1.54, 1.807) is 4.90 Å². The molecule has 5 heteroatoms. The molecule has 2 atom stereocenters. The average Bonchev–Trinajstić information content (AvgIpc) is 2.61. The van der Waals surface area contributed by atoms with Crippen LogP contribution in [0.5, 0.6) is 0 Å². The predicted octanol–water partition coefficient (Wildman–Crippen LogP) is 3.62. The highest BCUT2D eigenvalue weighted by molar-refractivity contribution is 6.59. The first-order valence-electron chi connectivity index (χ1n) is 5.78. The van der Waals surface area contributed by atoms with Crippen LogP contribution < -0.4 is 0 Å². The van der Waals surface area contributed by atoms with Gasteiger partial charge in [0.05, 0.1) is 6.04 Å². The smallest absolute Gasteiger partial charge is 0.259 e. The van der Waals surface area contributed by atoms with Crippen LogP contribution in [-0.2, 0) is 4.79 Å². The summed E-state index contributed by atoms with van der Waals surface area (Å²) in [5.74, 6) is -0.217. The van der Waals surface area contributed by atoms with Crippen LogP contribution in [-0.4, -0.2) is 27.6 Å². The Balaban J connectivity index is 2.23. The quantitative estimate of drug-likeness (QED) is 0.781. The lowest BCUT2D eigenvalue weighted by Crippen LogP contribution is -2.34. The van der Waals surface area contributed by atoms with Crippen LogP contribution in [0, 0.1) is 5.92 Å². The standard InChI is InChI=1S/C13H14Cl3NO/c1-9(10-5-3-2-4-6-10)17-8-11(7-14)13(15,16)12(17)18/h2-6,9,11H,7-8H2,1H3. The van der Waals surface area contributed by atoms with Crippen molar-refractivity contribution in [3.8, 4) is 0 Å². The van der Waals surface area contributed by atoms with Gasteiger partial charge < -0.3 is 4.90 Å². The van der Waals surface area contributed by atoms with Crippen molar-refractivity contribution in [2.45, 2.75) is 17.3 Å². The molecule has 0 N–H and O–H groups in total. The second-order valence-corrected chi connectivity index (χ2v) is 6.21. The van der Waals surface area contributed by atoms with E-state index in [0.29, 0.717) is 6.54 Å². The molecular formula is C13H14Cl3NO. The number of rotatable bonds is 3. The molecule has 0 spiro atoms. The van der Waals surface area contributed by atoms with E-state index in [1.165, 1.54) is 0 Å². The fraction of sp³-hybridized carbons (Fsp3) is 0.462. The first-order valence-corrected chi connectivity index (χ1v) is 7.07. The van der Waals surface area contributed by atoms with Crippen molar-refractivity contribution in [3.63, 3.8) is 0 Å². The monoisotopic (exact) mass is 305 g/mol. The van der Waals surface area contributed by atoms with Crippen molar-refractivity contribution in [1.82, 2.24) is 4.90 Å². The second kappa shape index (κ2) is 5.28. The molecule has 2 rings (SSSR count). The normalized spacial score (nSPS) is 24.3. The zero-order chi connectivity index (χ0) is 13.3. The van der Waals surface area contributed by atoms with Gasteiger partial charge in [0.2, 0.25) is 4.33 Å². The maximum absolute atomic E-state index is 12.2. The number of nitrogens with zero attached hydrogens (tertiary/aromatic N) is 1. The molecule has 1 amide bonds. The third kappa shape index (κ3) is 2.34. The molecule has 2 unspecified atom stereocenters. The van der Waals surface area contributed by atoms with Gasteiger partial charge in [0, 0.05) is 18.3 Å². The van der Waals surface area contributed by atoms with E-state index in [0.717, 1.165) is 5.56 Å². The highest BCUT2D eigenvalue weighted by Gasteiger charge is 2.52. The molecule has 0 aromatic heterocycles. The molecule has 1 aromatic rings. The Hall–Kier alpha value is -0.440. The molecule has 1 aliphatic rings. The molecule has 1 heterocycles. The van der Waals surface area contributed by atoms with Gasteiger partial charge in [0.15, 0.2) is 0 Å². The van der Waals surface area contributed by atoms with Crippen LogP contribution in [0.2, 0.25) is 0 Å². The van der Waals surface area contributed by atoms with Gasteiger partial charge in [0.25, 0.3) is 5.91 Å². The highest BCUT2D eigenvalue weighted by atomic mass is 35.5. The Morgan fingerprint density at radius 2 is 2.00 bits per heavy atom. The van der Waals surface area contributed by atoms with E-state index in [-0.39, 0.29) is 23.7 Å². The molecule has 0 aliphatic carbocycles. The highest BCUT2D eigenvalue weighted by Crippen LogP contribution is 2.42. The molecule has 1 aliphatic heterocycles. The summed E-state index contributed by atoms with van der Waals surface area (Å²) in [6, 6.07) is 9.74. The third-order valence-electron chi connectivity index (χ3n) is 3.41. The van der Waals surface area contributed by atoms with Gasteiger partial charge in [-0.05, 0) is 12.5 Å². The van der Waals surface area contributed by atoms with Crippen LogP contribution in [0.15, 0.2) is 30.3 Å². The zero-order valence-electron chi connectivity index (χ0n) is 9.95. The summed E-state index contributed by atoms with van der Waals surface area (Å²) < 4.78 is -1.40. The molecule has 1 saturated heterocycles. The van der Waals surface area contributed by atoms with E-state index in [9.17, 15) is 4.79 Å². The lowest BCUT2D eigenvalue weighted by molar-refractivity contribution is -0.130. The third-order valence-corrected chi connectivity index (χ3v) is 4.72. The van der Waals surface area contributed by atoms with Crippen molar-refractivity contribution in [1.29, 1.82) is 0 Å². The van der Waals surface area contributed by atoms with E-state index in [2.05, 4.69) is 0 Å². The van der Waals surface area contributed by atoms with Gasteiger partial charge in [-0.3, -0.25) is 4.79 Å². The van der Waals surface area contributed by atoms with Gasteiger partial charge >= 0.3 is 0 Å². The number of carbonyl (C=O) groups is 1. The number of benzene rings is 1. The average molecular weight is 307 g/mol. The lowest BCUT2D eigenvalue weighted by Gasteiger charge is -2.25. The number of alkyl halides is 3. The zero-order valence-corrected chi connectivity index (χ0v) is 12.2. The summed E-state index contributed by atoms with van der Waals surface area (Å²) in [6.07, 6.45) is 0. The summed E-state index contributed by atoms with van der Waals surface area (Å²) in [5, 5.41) is 0. The SMILES string of the molecule is CC(c1ccccc1)N1CC(CCl)C(Cl)(Cl)C1=O. The van der Waals surface area contributed by atoms with E-state index in [1.807, 2.05) is 37.3 Å². The number of hydrogen-bond acceptors (Lipinski definition) is 1. The molecule has 0 saturated carbocycles. The van der Waals surface area contributed by atoms with Gasteiger partial charge in [-0.1, -0.05) is 53.5 Å². The Morgan fingerprint density at radius 3 is 2.50 bits per heavy atom. The molecule has 18 heavy (non-hydrogen) atoms. The fourth-order valence-corrected chi connectivity index (χ4v) is 3.19. The van der Waals surface area contributed by atoms with Crippen LogP contribution >= 0.6 is 34.8 Å². The van der Waals surface area contributed by atoms with Crippen LogP contribution in [0.4, 0.5) is 0 Å². The van der Waals surface area contributed by atoms with Crippen LogP contribution in [0.3, 0.4) is 0 Å². The van der Waals surface area contributed by atoms with Crippen molar-refractivity contribution in [2.75, 3.05) is 12.4 Å². The number of halogens is 3. The Labute approximate surface area is 122 Å². The molecule has 2 nitrogen and oxygen atoms in total. The largest absolute Gasteiger partial charge is 0.333 e. The number of carbonyl (C=O) groups excluding carboxylic acids is 1. The topological polar surface area (TPSA) is 20.3 Å². The van der Waals surface area contributed by atoms with Crippen molar-refractivity contribution >= 4 is 40.7 Å². The minimum absolute atomic E-state index is 0.0520. The van der Waals surface area contributed by atoms with Gasteiger partial charge in [-0.25, -0.2) is 0 Å². The summed E-state index contributed by atoms with van der Waals surface area (Å²) in [4.78, 5) is 13.9. The number of likely N-dealkylation sites (tertiary alicyclic amines) is 1. The molecule has 0 bridgehead atoms. The molecule has 98 valence electrons. The van der Waals surface area contributed by atoms with Crippen molar-refractivity contribution in [3.05, 3.63) is 35.9 Å².